The summed E-state index contributed by atoms with van der Waals surface area (Å²) in [4.78, 5) is 42.5. The fraction of sp³-hybridized carbons (Fsp3) is 0.400. The van der Waals surface area contributed by atoms with Crippen LogP contribution in [0.3, 0.4) is 0 Å². The summed E-state index contributed by atoms with van der Waals surface area (Å²) >= 11 is 0. The van der Waals surface area contributed by atoms with Crippen LogP contribution in [-0.2, 0) is 9.53 Å². The van der Waals surface area contributed by atoms with E-state index in [2.05, 4.69) is 5.32 Å². The number of carbonyl (C=O) groups is 3. The Morgan fingerprint density at radius 1 is 1.00 bits per heavy atom. The number of benzene rings is 2. The molecule has 174 valence electrons. The summed E-state index contributed by atoms with van der Waals surface area (Å²) in [5, 5.41) is 2.88. The average molecular weight is 454 g/mol. The Hall–Kier alpha value is -3.26. The van der Waals surface area contributed by atoms with Gasteiger partial charge in [0.25, 0.3) is 11.8 Å². The third-order valence-electron chi connectivity index (χ3n) is 6.14. The molecule has 1 N–H and O–H groups in total. The first-order valence-electron chi connectivity index (χ1n) is 11.2. The van der Waals surface area contributed by atoms with E-state index in [9.17, 15) is 18.8 Å². The quantitative estimate of drug-likeness (QED) is 0.772. The summed E-state index contributed by atoms with van der Waals surface area (Å²) in [6, 6.07) is 13.6. The lowest BCUT2D eigenvalue weighted by Gasteiger charge is -2.44. The number of hydrogen-bond acceptors (Lipinski definition) is 4. The molecule has 2 aliphatic heterocycles. The zero-order valence-corrected chi connectivity index (χ0v) is 18.8. The van der Waals surface area contributed by atoms with Crippen molar-refractivity contribution < 1.29 is 23.5 Å². The highest BCUT2D eigenvalue weighted by molar-refractivity contribution is 5.98. The molecular weight excluding hydrogens is 425 g/mol. The topological polar surface area (TPSA) is 79.0 Å². The van der Waals surface area contributed by atoms with Gasteiger partial charge in [0.15, 0.2) is 0 Å². The third-order valence-corrected chi connectivity index (χ3v) is 6.14. The molecule has 8 heteroatoms. The molecule has 2 saturated heterocycles. The second kappa shape index (κ2) is 9.31. The first kappa shape index (κ1) is 22.9. The van der Waals surface area contributed by atoms with Gasteiger partial charge in [0.05, 0.1) is 6.61 Å². The van der Waals surface area contributed by atoms with Crippen LogP contribution in [0.25, 0.3) is 0 Å². The minimum absolute atomic E-state index is 0.0755. The number of ether oxygens (including phenoxy) is 1. The smallest absolute Gasteiger partial charge is 0.256 e. The van der Waals surface area contributed by atoms with E-state index >= 15 is 0 Å². The summed E-state index contributed by atoms with van der Waals surface area (Å²) in [7, 11) is 0. The standard InChI is InChI=1S/C25H28FN3O4/c1-17(2)27-22(30)21-16-33-25(29(21)24(32)18-7-4-3-5-8-18)11-13-28(14-12-25)23(31)19-9-6-10-20(26)15-19/h3-10,15,17,21H,11-14,16H2,1-2H3,(H,27,30). The van der Waals surface area contributed by atoms with Crippen LogP contribution < -0.4 is 5.32 Å². The van der Waals surface area contributed by atoms with Crippen molar-refractivity contribution in [3.63, 3.8) is 0 Å². The van der Waals surface area contributed by atoms with Gasteiger partial charge in [-0.15, -0.1) is 0 Å². The number of rotatable bonds is 4. The first-order valence-corrected chi connectivity index (χ1v) is 11.2. The highest BCUT2D eigenvalue weighted by Gasteiger charge is 2.54. The normalized spacial score (nSPS) is 19.7. The molecule has 0 bridgehead atoms. The maximum atomic E-state index is 13.6. The van der Waals surface area contributed by atoms with Crippen molar-refractivity contribution in [3.8, 4) is 0 Å². The minimum atomic E-state index is -0.982. The van der Waals surface area contributed by atoms with Gasteiger partial charge in [-0.3, -0.25) is 19.3 Å². The van der Waals surface area contributed by atoms with Crippen molar-refractivity contribution in [3.05, 3.63) is 71.5 Å². The minimum Gasteiger partial charge on any atom is -0.353 e. The number of halogens is 1. The number of carbonyl (C=O) groups excluding carboxylic acids is 3. The molecule has 2 aliphatic rings. The van der Waals surface area contributed by atoms with Crippen LogP contribution in [-0.4, -0.2) is 65.0 Å². The molecule has 3 amide bonds. The van der Waals surface area contributed by atoms with E-state index in [0.717, 1.165) is 0 Å². The Labute approximate surface area is 192 Å². The molecule has 2 fully saturated rings. The van der Waals surface area contributed by atoms with Gasteiger partial charge in [0, 0.05) is 43.1 Å². The number of nitrogens with one attached hydrogen (secondary N) is 1. The molecule has 7 nitrogen and oxygen atoms in total. The maximum Gasteiger partial charge on any atom is 0.256 e. The average Bonchev–Trinajstić information content (AvgIpc) is 3.17. The number of nitrogens with zero attached hydrogens (tertiary/aromatic N) is 2. The molecule has 2 aromatic carbocycles. The van der Waals surface area contributed by atoms with E-state index in [4.69, 9.17) is 4.74 Å². The molecule has 2 aromatic rings. The van der Waals surface area contributed by atoms with Crippen molar-refractivity contribution in [1.82, 2.24) is 15.1 Å². The fourth-order valence-electron chi connectivity index (χ4n) is 4.53. The number of likely N-dealkylation sites (tertiary alicyclic amines) is 1. The molecule has 2 heterocycles. The second-order valence-corrected chi connectivity index (χ2v) is 8.78. The monoisotopic (exact) mass is 453 g/mol. The first-order chi connectivity index (χ1) is 15.8. The summed E-state index contributed by atoms with van der Waals surface area (Å²) < 4.78 is 19.7. The van der Waals surface area contributed by atoms with Crippen molar-refractivity contribution in [1.29, 1.82) is 0 Å². The highest BCUT2D eigenvalue weighted by Crippen LogP contribution is 2.38. The molecular formula is C25H28FN3O4. The fourth-order valence-corrected chi connectivity index (χ4v) is 4.53. The second-order valence-electron chi connectivity index (χ2n) is 8.78. The van der Waals surface area contributed by atoms with Crippen LogP contribution in [0.2, 0.25) is 0 Å². The van der Waals surface area contributed by atoms with E-state index in [1.54, 1.807) is 40.1 Å². The lowest BCUT2D eigenvalue weighted by atomic mass is 9.96. The third kappa shape index (κ3) is 4.61. The summed E-state index contributed by atoms with van der Waals surface area (Å²) in [6.07, 6.45) is 0.718. The molecule has 0 aliphatic carbocycles. The lowest BCUT2D eigenvalue weighted by molar-refractivity contribution is -0.128. The Bertz CT molecular complexity index is 1030. The van der Waals surface area contributed by atoms with Gasteiger partial charge in [-0.25, -0.2) is 4.39 Å². The van der Waals surface area contributed by atoms with Crippen molar-refractivity contribution >= 4 is 17.7 Å². The van der Waals surface area contributed by atoms with Crippen LogP contribution in [0, 0.1) is 5.82 Å². The van der Waals surface area contributed by atoms with Gasteiger partial charge in [-0.05, 0) is 44.2 Å². The summed E-state index contributed by atoms with van der Waals surface area (Å²) in [5.74, 6) is -1.27. The van der Waals surface area contributed by atoms with Crippen LogP contribution in [0.4, 0.5) is 4.39 Å². The van der Waals surface area contributed by atoms with Gasteiger partial charge in [0.1, 0.15) is 17.6 Å². The van der Waals surface area contributed by atoms with Gasteiger partial charge in [-0.2, -0.15) is 0 Å². The molecule has 4 rings (SSSR count). The highest BCUT2D eigenvalue weighted by atomic mass is 19.1. The SMILES string of the molecule is CC(C)NC(=O)C1COC2(CCN(C(=O)c3cccc(F)c3)CC2)N1C(=O)c1ccccc1. The molecule has 1 unspecified atom stereocenters. The zero-order valence-electron chi connectivity index (χ0n) is 18.8. The molecule has 0 radical (unpaired) electrons. The van der Waals surface area contributed by atoms with Crippen LogP contribution >= 0.6 is 0 Å². The van der Waals surface area contributed by atoms with E-state index in [1.807, 2.05) is 19.9 Å². The summed E-state index contributed by atoms with van der Waals surface area (Å²) in [6.45, 7) is 4.47. The molecule has 1 spiro atoms. The Balaban J connectivity index is 1.57. The predicted molar refractivity (Wildman–Crippen MR) is 120 cm³/mol. The van der Waals surface area contributed by atoms with Gasteiger partial charge in [0.2, 0.25) is 5.91 Å². The number of hydrogen-bond donors (Lipinski definition) is 1. The Kier molecular flexibility index (Phi) is 6.47. The number of amides is 3. The van der Waals surface area contributed by atoms with Crippen LogP contribution in [0.15, 0.2) is 54.6 Å². The molecule has 0 aromatic heterocycles. The zero-order chi connectivity index (χ0) is 23.6. The lowest BCUT2D eigenvalue weighted by Crippen LogP contribution is -2.60. The largest absolute Gasteiger partial charge is 0.353 e. The number of piperidine rings is 1. The Morgan fingerprint density at radius 2 is 1.67 bits per heavy atom. The van der Waals surface area contributed by atoms with E-state index in [-0.39, 0.29) is 35.9 Å². The van der Waals surface area contributed by atoms with Crippen LogP contribution in [0.5, 0.6) is 0 Å². The van der Waals surface area contributed by atoms with Gasteiger partial charge >= 0.3 is 0 Å². The molecule has 1 atom stereocenters. The summed E-state index contributed by atoms with van der Waals surface area (Å²) in [5.41, 5.74) is -0.224. The maximum absolute atomic E-state index is 13.6. The van der Waals surface area contributed by atoms with Crippen LogP contribution in [0.1, 0.15) is 47.4 Å². The molecule has 0 saturated carbocycles. The van der Waals surface area contributed by atoms with Gasteiger partial charge in [-0.1, -0.05) is 24.3 Å². The van der Waals surface area contributed by atoms with Gasteiger partial charge < -0.3 is 15.0 Å². The van der Waals surface area contributed by atoms with Crippen molar-refractivity contribution in [2.24, 2.45) is 0 Å². The van der Waals surface area contributed by atoms with Crippen molar-refractivity contribution in [2.75, 3.05) is 19.7 Å². The van der Waals surface area contributed by atoms with E-state index < -0.39 is 17.6 Å². The van der Waals surface area contributed by atoms with E-state index in [1.165, 1.54) is 18.2 Å². The van der Waals surface area contributed by atoms with E-state index in [0.29, 0.717) is 31.5 Å². The predicted octanol–water partition coefficient (Wildman–Crippen LogP) is 2.82. The Morgan fingerprint density at radius 3 is 2.30 bits per heavy atom. The molecule has 33 heavy (non-hydrogen) atoms. The van der Waals surface area contributed by atoms with Crippen molar-refractivity contribution in [2.45, 2.75) is 44.5 Å².